The van der Waals surface area contributed by atoms with Gasteiger partial charge in [0.05, 0.1) is 5.69 Å². The molecule has 1 saturated carbocycles. The van der Waals surface area contributed by atoms with Crippen molar-refractivity contribution in [3.63, 3.8) is 0 Å². The molecule has 0 bridgehead atoms. The number of aromatic nitrogens is 3. The van der Waals surface area contributed by atoms with Crippen LogP contribution in [0.2, 0.25) is 0 Å². The number of carbonyl (C=O) groups excluding carboxylic acids is 1. The summed E-state index contributed by atoms with van der Waals surface area (Å²) in [6, 6.07) is 13.2. The van der Waals surface area contributed by atoms with Gasteiger partial charge in [0.1, 0.15) is 0 Å². The molecule has 33 heavy (non-hydrogen) atoms. The number of nitrogens with one attached hydrogen (secondary N) is 1. The molecule has 0 spiro atoms. The van der Waals surface area contributed by atoms with Crippen LogP contribution in [0, 0.1) is 13.8 Å². The number of aryl methyl sites for hydroxylation is 2. The van der Waals surface area contributed by atoms with Crippen molar-refractivity contribution in [2.24, 2.45) is 0 Å². The van der Waals surface area contributed by atoms with E-state index in [9.17, 15) is 4.79 Å². The monoisotopic (exact) mass is 445 g/mol. The van der Waals surface area contributed by atoms with Crippen molar-refractivity contribution >= 4 is 11.6 Å². The van der Waals surface area contributed by atoms with Crippen LogP contribution >= 0.6 is 0 Å². The van der Waals surface area contributed by atoms with E-state index in [2.05, 4.69) is 60.5 Å². The second kappa shape index (κ2) is 9.64. The lowest BCUT2D eigenvalue weighted by atomic mass is 10.1. The number of nitrogens with zero attached hydrogens (tertiary/aromatic N) is 4. The van der Waals surface area contributed by atoms with Crippen LogP contribution in [0.4, 0.5) is 0 Å². The molecular weight excluding hydrogens is 410 g/mol. The number of carbonyl (C=O) groups is 1. The summed E-state index contributed by atoms with van der Waals surface area (Å²) in [5.74, 6) is 0.599. The Kier molecular flexibility index (Phi) is 6.45. The molecule has 6 heteroatoms. The molecule has 0 radical (unpaired) electrons. The second-order valence-electron chi connectivity index (χ2n) is 9.86. The van der Waals surface area contributed by atoms with Gasteiger partial charge in [-0.2, -0.15) is 5.10 Å². The first-order chi connectivity index (χ1) is 16.1. The maximum absolute atomic E-state index is 12.4. The van der Waals surface area contributed by atoms with Crippen LogP contribution in [0.5, 0.6) is 0 Å². The number of rotatable bonds is 7. The summed E-state index contributed by atoms with van der Waals surface area (Å²) in [5.41, 5.74) is 6.69. The Balaban J connectivity index is 1.26. The lowest BCUT2D eigenvalue weighted by Gasteiger charge is -2.15. The van der Waals surface area contributed by atoms with Crippen molar-refractivity contribution in [2.45, 2.75) is 77.3 Å². The zero-order valence-electron chi connectivity index (χ0n) is 19.9. The second-order valence-corrected chi connectivity index (χ2v) is 9.86. The molecular formula is C27H35N5O. The molecule has 3 aromatic rings. The highest BCUT2D eigenvalue weighted by molar-refractivity contribution is 5.76. The fraction of sp³-hybridized carbons (Fsp3) is 0.519. The highest BCUT2D eigenvalue weighted by Crippen LogP contribution is 2.29. The Bertz CT molecular complexity index is 1120. The van der Waals surface area contributed by atoms with E-state index in [-0.39, 0.29) is 5.91 Å². The molecule has 1 amide bonds. The van der Waals surface area contributed by atoms with Gasteiger partial charge in [0.2, 0.25) is 5.91 Å². The van der Waals surface area contributed by atoms with E-state index in [0.717, 1.165) is 67.2 Å². The standard InChI is InChI=1S/C27H35N5O/c1-19-24(12-13-27(33)29-23-10-6-7-11-23)20(2)32-26(28-19)16-25(30-32)22-14-15-31(18-22)17-21-8-4-3-5-9-21/h3-5,8-9,16,22-23H,6-7,10-15,17-18H2,1-2H3,(H,29,33)/t22-/m0/s1. The third-order valence-corrected chi connectivity index (χ3v) is 7.44. The van der Waals surface area contributed by atoms with E-state index in [4.69, 9.17) is 10.1 Å². The fourth-order valence-corrected chi connectivity index (χ4v) is 5.57. The number of benzene rings is 1. The maximum atomic E-state index is 12.4. The summed E-state index contributed by atoms with van der Waals surface area (Å²) in [7, 11) is 0. The van der Waals surface area contributed by atoms with Gasteiger partial charge >= 0.3 is 0 Å². The van der Waals surface area contributed by atoms with Gasteiger partial charge in [0, 0.05) is 48.9 Å². The van der Waals surface area contributed by atoms with Crippen LogP contribution in [0.15, 0.2) is 36.4 Å². The first kappa shape index (κ1) is 22.1. The van der Waals surface area contributed by atoms with Crippen LogP contribution in [0.25, 0.3) is 5.65 Å². The van der Waals surface area contributed by atoms with Crippen molar-refractivity contribution < 1.29 is 4.79 Å². The molecule has 0 unspecified atom stereocenters. The minimum atomic E-state index is 0.159. The zero-order chi connectivity index (χ0) is 22.8. The Morgan fingerprint density at radius 1 is 1.12 bits per heavy atom. The third kappa shape index (κ3) is 4.96. The topological polar surface area (TPSA) is 62.5 Å². The Hall–Kier alpha value is -2.73. The van der Waals surface area contributed by atoms with E-state index in [1.165, 1.54) is 18.4 Å². The van der Waals surface area contributed by atoms with Gasteiger partial charge in [-0.05, 0) is 57.2 Å². The summed E-state index contributed by atoms with van der Waals surface area (Å²) in [5, 5.41) is 8.18. The fourth-order valence-electron chi connectivity index (χ4n) is 5.57. The lowest BCUT2D eigenvalue weighted by Crippen LogP contribution is -2.32. The van der Waals surface area contributed by atoms with Gasteiger partial charge in [0.15, 0.2) is 5.65 Å². The van der Waals surface area contributed by atoms with Crippen LogP contribution in [-0.2, 0) is 17.8 Å². The first-order valence-electron chi connectivity index (χ1n) is 12.5. The smallest absolute Gasteiger partial charge is 0.220 e. The van der Waals surface area contributed by atoms with E-state index >= 15 is 0 Å². The minimum Gasteiger partial charge on any atom is -0.353 e. The molecule has 2 aromatic heterocycles. The molecule has 2 aliphatic rings. The van der Waals surface area contributed by atoms with E-state index in [1.807, 2.05) is 4.52 Å². The van der Waals surface area contributed by atoms with Crippen LogP contribution in [0.3, 0.4) is 0 Å². The van der Waals surface area contributed by atoms with Crippen molar-refractivity contribution in [3.8, 4) is 0 Å². The van der Waals surface area contributed by atoms with Gasteiger partial charge in [-0.15, -0.1) is 0 Å². The average molecular weight is 446 g/mol. The van der Waals surface area contributed by atoms with Gasteiger partial charge in [0.25, 0.3) is 0 Å². The Morgan fingerprint density at radius 2 is 1.91 bits per heavy atom. The summed E-state index contributed by atoms with van der Waals surface area (Å²) in [4.78, 5) is 19.8. The van der Waals surface area contributed by atoms with Crippen LogP contribution in [0.1, 0.15) is 72.7 Å². The molecule has 5 rings (SSSR count). The molecule has 1 atom stereocenters. The SMILES string of the molecule is Cc1nc2cc([C@H]3CCN(Cc4ccccc4)C3)nn2c(C)c1CCC(=O)NC1CCCC1. The summed E-state index contributed by atoms with van der Waals surface area (Å²) in [6.07, 6.45) is 7.06. The van der Waals surface area contributed by atoms with Crippen molar-refractivity contribution in [2.75, 3.05) is 13.1 Å². The largest absolute Gasteiger partial charge is 0.353 e. The molecule has 1 saturated heterocycles. The van der Waals surface area contributed by atoms with Crippen LogP contribution < -0.4 is 5.32 Å². The number of amides is 1. The molecule has 2 fully saturated rings. The number of likely N-dealkylation sites (tertiary alicyclic amines) is 1. The molecule has 1 aliphatic carbocycles. The molecule has 3 heterocycles. The highest BCUT2D eigenvalue weighted by Gasteiger charge is 2.27. The van der Waals surface area contributed by atoms with E-state index in [1.54, 1.807) is 0 Å². The lowest BCUT2D eigenvalue weighted by molar-refractivity contribution is -0.121. The maximum Gasteiger partial charge on any atom is 0.220 e. The number of hydrogen-bond donors (Lipinski definition) is 1. The Labute approximate surface area is 196 Å². The predicted octanol–water partition coefficient (Wildman–Crippen LogP) is 4.33. The quantitative estimate of drug-likeness (QED) is 0.588. The highest BCUT2D eigenvalue weighted by atomic mass is 16.1. The van der Waals surface area contributed by atoms with Gasteiger partial charge in [-0.3, -0.25) is 9.69 Å². The molecule has 1 N–H and O–H groups in total. The Morgan fingerprint density at radius 3 is 2.70 bits per heavy atom. The number of fused-ring (bicyclic) bond motifs is 1. The normalized spacial score (nSPS) is 19.5. The van der Waals surface area contributed by atoms with Crippen molar-refractivity contribution in [3.05, 3.63) is 64.6 Å². The molecule has 6 nitrogen and oxygen atoms in total. The van der Waals surface area contributed by atoms with E-state index < -0.39 is 0 Å². The van der Waals surface area contributed by atoms with Gasteiger partial charge in [-0.25, -0.2) is 9.50 Å². The summed E-state index contributed by atoms with van der Waals surface area (Å²) in [6.45, 7) is 7.29. The van der Waals surface area contributed by atoms with Gasteiger partial charge < -0.3 is 5.32 Å². The van der Waals surface area contributed by atoms with E-state index in [0.29, 0.717) is 24.8 Å². The van der Waals surface area contributed by atoms with Gasteiger partial charge in [-0.1, -0.05) is 43.2 Å². The van der Waals surface area contributed by atoms with Crippen molar-refractivity contribution in [1.82, 2.24) is 24.8 Å². The third-order valence-electron chi connectivity index (χ3n) is 7.44. The van der Waals surface area contributed by atoms with Crippen LogP contribution in [-0.4, -0.2) is 44.5 Å². The van der Waals surface area contributed by atoms with Crippen molar-refractivity contribution in [1.29, 1.82) is 0 Å². The minimum absolute atomic E-state index is 0.159. The number of hydrogen-bond acceptors (Lipinski definition) is 4. The average Bonchev–Trinajstić information content (AvgIpc) is 3.55. The molecule has 174 valence electrons. The predicted molar refractivity (Wildman–Crippen MR) is 130 cm³/mol. The molecule has 1 aromatic carbocycles. The zero-order valence-corrected chi connectivity index (χ0v) is 19.9. The first-order valence-corrected chi connectivity index (χ1v) is 12.5. The summed E-state index contributed by atoms with van der Waals surface area (Å²) < 4.78 is 1.99. The molecule has 1 aliphatic heterocycles. The summed E-state index contributed by atoms with van der Waals surface area (Å²) >= 11 is 0.